The molecule has 3 aromatic rings. The van der Waals surface area contributed by atoms with Gasteiger partial charge in [-0.15, -0.1) is 11.3 Å². The Morgan fingerprint density at radius 3 is 2.64 bits per heavy atom. The molecule has 6 heteroatoms. The van der Waals surface area contributed by atoms with Crippen LogP contribution in [0, 0.1) is 6.92 Å². The molecule has 1 aliphatic rings. The second-order valence-corrected chi connectivity index (χ2v) is 8.18. The number of nitrogen functional groups attached to an aromatic ring is 1. The number of hydrogen-bond acceptors (Lipinski definition) is 4. The van der Waals surface area contributed by atoms with Crippen LogP contribution in [0.5, 0.6) is 0 Å². The minimum Gasteiger partial charge on any atom is -0.397 e. The lowest BCUT2D eigenvalue weighted by Crippen LogP contribution is -2.08. The Balaban J connectivity index is 1.91. The number of rotatable bonds is 2. The maximum atomic E-state index is 13.0. The number of fused-ring (bicyclic) bond motifs is 3. The summed E-state index contributed by atoms with van der Waals surface area (Å²) in [6.45, 7) is 2.04. The molecular formula is C19H16Cl2N2OS. The van der Waals surface area contributed by atoms with Gasteiger partial charge in [-0.2, -0.15) is 0 Å². The van der Waals surface area contributed by atoms with Gasteiger partial charge in [0.1, 0.15) is 9.71 Å². The van der Waals surface area contributed by atoms with E-state index in [0.29, 0.717) is 26.2 Å². The fourth-order valence-electron chi connectivity index (χ4n) is 3.57. The lowest BCUT2D eigenvalue weighted by molar-refractivity contribution is 0.104. The summed E-state index contributed by atoms with van der Waals surface area (Å²) in [5.41, 5.74) is 11.0. The van der Waals surface area contributed by atoms with E-state index in [0.717, 1.165) is 35.2 Å². The van der Waals surface area contributed by atoms with Gasteiger partial charge in [0.2, 0.25) is 5.78 Å². The molecule has 0 radical (unpaired) electrons. The molecule has 2 N–H and O–H groups in total. The highest BCUT2D eigenvalue weighted by atomic mass is 35.5. The zero-order chi connectivity index (χ0) is 17.7. The predicted molar refractivity (Wildman–Crippen MR) is 105 cm³/mol. The second-order valence-electron chi connectivity index (χ2n) is 6.34. The van der Waals surface area contributed by atoms with E-state index in [1.54, 1.807) is 18.2 Å². The molecule has 1 aromatic carbocycles. The van der Waals surface area contributed by atoms with Crippen molar-refractivity contribution in [3.8, 4) is 0 Å². The number of pyridine rings is 1. The summed E-state index contributed by atoms with van der Waals surface area (Å²) in [5, 5.41) is 1.79. The minimum atomic E-state index is -0.177. The van der Waals surface area contributed by atoms with Gasteiger partial charge in [-0.3, -0.25) is 4.79 Å². The number of halogens is 2. The van der Waals surface area contributed by atoms with Gasteiger partial charge < -0.3 is 5.73 Å². The third kappa shape index (κ3) is 2.73. The van der Waals surface area contributed by atoms with E-state index in [-0.39, 0.29) is 5.78 Å². The standard InChI is InChI=1S/C19H16Cl2N2OS/c1-9-11-4-2-3-5-12(11)15-16(22)18(25-19(15)23-9)17(24)13-7-6-10(20)8-14(13)21/h6-8H,2-5,22H2,1H3. The molecule has 1 aliphatic carbocycles. The molecular weight excluding hydrogens is 375 g/mol. The average molecular weight is 391 g/mol. The third-order valence-electron chi connectivity index (χ3n) is 4.78. The van der Waals surface area contributed by atoms with E-state index in [1.165, 1.54) is 28.9 Å². The molecule has 0 spiro atoms. The lowest BCUT2D eigenvalue weighted by atomic mass is 9.89. The summed E-state index contributed by atoms with van der Waals surface area (Å²) in [4.78, 5) is 19.1. The fraction of sp³-hybridized carbons (Fsp3) is 0.263. The largest absolute Gasteiger partial charge is 0.397 e. The predicted octanol–water partition coefficient (Wildman–Crippen LogP) is 5.60. The van der Waals surface area contributed by atoms with Crippen LogP contribution in [0.4, 0.5) is 5.69 Å². The average Bonchev–Trinajstić information content (AvgIpc) is 2.91. The summed E-state index contributed by atoms with van der Waals surface area (Å²) in [6, 6.07) is 4.88. The Morgan fingerprint density at radius 2 is 1.92 bits per heavy atom. The van der Waals surface area contributed by atoms with E-state index in [1.807, 2.05) is 6.92 Å². The van der Waals surface area contributed by atoms with Crippen LogP contribution in [0.15, 0.2) is 18.2 Å². The molecule has 0 saturated carbocycles. The van der Waals surface area contributed by atoms with Crippen LogP contribution in [0.2, 0.25) is 10.0 Å². The van der Waals surface area contributed by atoms with E-state index >= 15 is 0 Å². The van der Waals surface area contributed by atoms with Crippen LogP contribution < -0.4 is 5.73 Å². The van der Waals surface area contributed by atoms with Gasteiger partial charge in [-0.1, -0.05) is 23.2 Å². The third-order valence-corrected chi connectivity index (χ3v) is 6.43. The van der Waals surface area contributed by atoms with Gasteiger partial charge in [0.15, 0.2) is 0 Å². The molecule has 128 valence electrons. The first-order valence-corrected chi connectivity index (χ1v) is 9.74. The van der Waals surface area contributed by atoms with Crippen LogP contribution in [-0.4, -0.2) is 10.8 Å². The Hall–Kier alpha value is -1.62. The summed E-state index contributed by atoms with van der Waals surface area (Å²) in [7, 11) is 0. The number of carbonyl (C=O) groups excluding carboxylic acids is 1. The van der Waals surface area contributed by atoms with Crippen LogP contribution >= 0.6 is 34.5 Å². The van der Waals surface area contributed by atoms with Gasteiger partial charge in [0.05, 0.1) is 10.7 Å². The molecule has 2 heterocycles. The Labute approximate surface area is 159 Å². The van der Waals surface area contributed by atoms with Crippen LogP contribution in [0.3, 0.4) is 0 Å². The summed E-state index contributed by atoms with van der Waals surface area (Å²) >= 11 is 13.5. The SMILES string of the molecule is Cc1nc2sc(C(=O)c3ccc(Cl)cc3Cl)c(N)c2c2c1CCCC2. The van der Waals surface area contributed by atoms with Crippen molar-refractivity contribution < 1.29 is 4.79 Å². The van der Waals surface area contributed by atoms with Crippen molar-refractivity contribution in [2.24, 2.45) is 0 Å². The quantitative estimate of drug-likeness (QED) is 0.578. The molecule has 2 aromatic heterocycles. The number of benzene rings is 1. The summed E-state index contributed by atoms with van der Waals surface area (Å²) in [6.07, 6.45) is 4.35. The topological polar surface area (TPSA) is 56.0 Å². The van der Waals surface area contributed by atoms with Crippen LogP contribution in [0.1, 0.15) is 44.9 Å². The number of hydrogen-bond donors (Lipinski definition) is 1. The Kier molecular flexibility index (Phi) is 4.22. The Bertz CT molecular complexity index is 1030. The van der Waals surface area contributed by atoms with E-state index in [9.17, 15) is 4.79 Å². The monoisotopic (exact) mass is 390 g/mol. The number of aryl methyl sites for hydroxylation is 2. The number of ketones is 1. The van der Waals surface area contributed by atoms with Crippen LogP contribution in [0.25, 0.3) is 10.2 Å². The summed E-state index contributed by atoms with van der Waals surface area (Å²) in [5.74, 6) is -0.177. The zero-order valence-electron chi connectivity index (χ0n) is 13.7. The van der Waals surface area contributed by atoms with Crippen molar-refractivity contribution in [2.45, 2.75) is 32.6 Å². The maximum absolute atomic E-state index is 13.0. The first kappa shape index (κ1) is 16.8. The van der Waals surface area contributed by atoms with Crippen molar-refractivity contribution in [3.05, 3.63) is 55.5 Å². The minimum absolute atomic E-state index is 0.177. The van der Waals surface area contributed by atoms with Gasteiger partial charge in [-0.25, -0.2) is 4.98 Å². The highest BCUT2D eigenvalue weighted by Gasteiger charge is 2.25. The molecule has 4 rings (SSSR count). The number of nitrogens with zero attached hydrogens (tertiary/aromatic N) is 1. The van der Waals surface area contributed by atoms with E-state index in [2.05, 4.69) is 0 Å². The van der Waals surface area contributed by atoms with Crippen molar-refractivity contribution in [1.82, 2.24) is 4.98 Å². The van der Waals surface area contributed by atoms with E-state index in [4.69, 9.17) is 33.9 Å². The molecule has 0 amide bonds. The molecule has 0 atom stereocenters. The smallest absolute Gasteiger partial charge is 0.206 e. The molecule has 0 saturated heterocycles. The number of aromatic nitrogens is 1. The first-order valence-electron chi connectivity index (χ1n) is 8.17. The number of thiophene rings is 1. The Morgan fingerprint density at radius 1 is 1.20 bits per heavy atom. The van der Waals surface area contributed by atoms with Gasteiger partial charge >= 0.3 is 0 Å². The highest BCUT2D eigenvalue weighted by Crippen LogP contribution is 2.41. The van der Waals surface area contributed by atoms with Crippen molar-refractivity contribution in [1.29, 1.82) is 0 Å². The number of nitrogens with two attached hydrogens (primary N) is 1. The van der Waals surface area contributed by atoms with Crippen molar-refractivity contribution in [3.63, 3.8) is 0 Å². The molecule has 25 heavy (non-hydrogen) atoms. The molecule has 0 bridgehead atoms. The number of anilines is 1. The molecule has 3 nitrogen and oxygen atoms in total. The molecule has 0 aliphatic heterocycles. The fourth-order valence-corrected chi connectivity index (χ4v) is 5.19. The molecule has 0 fully saturated rings. The van der Waals surface area contributed by atoms with Gasteiger partial charge in [0, 0.05) is 21.7 Å². The van der Waals surface area contributed by atoms with E-state index < -0.39 is 0 Å². The van der Waals surface area contributed by atoms with Crippen molar-refractivity contribution >= 4 is 56.2 Å². The second kappa shape index (κ2) is 6.27. The lowest BCUT2D eigenvalue weighted by Gasteiger charge is -2.18. The summed E-state index contributed by atoms with van der Waals surface area (Å²) < 4.78 is 0. The molecule has 0 unspecified atom stereocenters. The normalized spacial score (nSPS) is 13.9. The van der Waals surface area contributed by atoms with Crippen molar-refractivity contribution in [2.75, 3.05) is 5.73 Å². The number of carbonyl (C=O) groups is 1. The van der Waals surface area contributed by atoms with Gasteiger partial charge in [-0.05, 0) is 61.9 Å². The van der Waals surface area contributed by atoms with Crippen LogP contribution in [-0.2, 0) is 12.8 Å². The maximum Gasteiger partial charge on any atom is 0.206 e. The zero-order valence-corrected chi connectivity index (χ0v) is 16.0. The first-order chi connectivity index (χ1) is 12.0. The van der Waals surface area contributed by atoms with Gasteiger partial charge in [0.25, 0.3) is 0 Å². The highest BCUT2D eigenvalue weighted by molar-refractivity contribution is 7.21.